The minimum Gasteiger partial charge on any atom is -0.383 e. The van der Waals surface area contributed by atoms with Gasteiger partial charge in [-0.2, -0.15) is 0 Å². The van der Waals surface area contributed by atoms with Crippen LogP contribution in [0, 0.1) is 0 Å². The van der Waals surface area contributed by atoms with E-state index >= 15 is 0 Å². The van der Waals surface area contributed by atoms with Gasteiger partial charge in [-0.25, -0.2) is 0 Å². The standard InChI is InChI=1S/C14H24N2O4/c1-18-7-4-16-12-8-15(11-2-5-19-6-3-11)9-13(12)20-10-14(16)17/h11-13H,2-10H2,1H3. The maximum atomic E-state index is 12.0. The van der Waals surface area contributed by atoms with Crippen molar-refractivity contribution in [2.45, 2.75) is 31.0 Å². The van der Waals surface area contributed by atoms with E-state index in [2.05, 4.69) is 4.90 Å². The van der Waals surface area contributed by atoms with Gasteiger partial charge in [0.05, 0.1) is 18.8 Å². The summed E-state index contributed by atoms with van der Waals surface area (Å²) in [5, 5.41) is 0. The highest BCUT2D eigenvalue weighted by Gasteiger charge is 2.44. The van der Waals surface area contributed by atoms with E-state index < -0.39 is 0 Å². The van der Waals surface area contributed by atoms with Gasteiger partial charge in [0.1, 0.15) is 6.61 Å². The number of nitrogens with zero attached hydrogens (tertiary/aromatic N) is 2. The van der Waals surface area contributed by atoms with E-state index in [-0.39, 0.29) is 24.7 Å². The van der Waals surface area contributed by atoms with Gasteiger partial charge in [-0.15, -0.1) is 0 Å². The molecule has 3 heterocycles. The van der Waals surface area contributed by atoms with Crippen LogP contribution in [0.5, 0.6) is 0 Å². The molecule has 0 bridgehead atoms. The smallest absolute Gasteiger partial charge is 0.249 e. The van der Waals surface area contributed by atoms with E-state index in [1.54, 1.807) is 7.11 Å². The maximum Gasteiger partial charge on any atom is 0.249 e. The zero-order chi connectivity index (χ0) is 13.9. The lowest BCUT2D eigenvalue weighted by Crippen LogP contribution is -2.54. The first-order valence-electron chi connectivity index (χ1n) is 7.51. The first-order chi connectivity index (χ1) is 9.79. The molecule has 3 fully saturated rings. The van der Waals surface area contributed by atoms with E-state index in [9.17, 15) is 4.79 Å². The minimum atomic E-state index is 0.0946. The monoisotopic (exact) mass is 284 g/mol. The molecule has 0 aromatic carbocycles. The van der Waals surface area contributed by atoms with Crippen LogP contribution in [-0.4, -0.2) is 87.1 Å². The molecule has 6 heteroatoms. The Morgan fingerprint density at radius 3 is 2.85 bits per heavy atom. The van der Waals surface area contributed by atoms with Crippen LogP contribution in [0.2, 0.25) is 0 Å². The van der Waals surface area contributed by atoms with E-state index in [0.717, 1.165) is 39.1 Å². The van der Waals surface area contributed by atoms with Crippen LogP contribution in [-0.2, 0) is 19.0 Å². The second kappa shape index (κ2) is 6.39. The average molecular weight is 284 g/mol. The third-order valence-corrected chi connectivity index (χ3v) is 4.65. The van der Waals surface area contributed by atoms with Crippen LogP contribution in [0.4, 0.5) is 0 Å². The molecule has 2 unspecified atom stereocenters. The Bertz CT molecular complexity index is 346. The number of hydrogen-bond acceptors (Lipinski definition) is 5. The Labute approximate surface area is 119 Å². The molecule has 6 nitrogen and oxygen atoms in total. The van der Waals surface area contributed by atoms with Crippen LogP contribution >= 0.6 is 0 Å². The van der Waals surface area contributed by atoms with E-state index in [1.165, 1.54) is 0 Å². The Morgan fingerprint density at radius 2 is 2.10 bits per heavy atom. The molecule has 2 atom stereocenters. The Hall–Kier alpha value is -0.690. The molecule has 20 heavy (non-hydrogen) atoms. The maximum absolute atomic E-state index is 12.0. The van der Waals surface area contributed by atoms with Crippen LogP contribution < -0.4 is 0 Å². The van der Waals surface area contributed by atoms with Gasteiger partial charge in [0.25, 0.3) is 0 Å². The first kappa shape index (κ1) is 14.3. The summed E-state index contributed by atoms with van der Waals surface area (Å²) in [4.78, 5) is 16.5. The van der Waals surface area contributed by atoms with Crippen molar-refractivity contribution < 1.29 is 19.0 Å². The SMILES string of the molecule is COCCN1C(=O)COC2CN(C3CCOCC3)CC21. The zero-order valence-electron chi connectivity index (χ0n) is 12.1. The molecule has 0 spiro atoms. The summed E-state index contributed by atoms with van der Waals surface area (Å²) in [5.74, 6) is 0.0946. The quantitative estimate of drug-likeness (QED) is 0.711. The van der Waals surface area contributed by atoms with Gasteiger partial charge >= 0.3 is 0 Å². The molecule has 3 aliphatic heterocycles. The second-order valence-corrected chi connectivity index (χ2v) is 5.79. The van der Waals surface area contributed by atoms with Crippen molar-refractivity contribution in [3.63, 3.8) is 0 Å². The van der Waals surface area contributed by atoms with Gasteiger partial charge in [0.15, 0.2) is 0 Å². The van der Waals surface area contributed by atoms with Gasteiger partial charge < -0.3 is 19.1 Å². The number of amides is 1. The van der Waals surface area contributed by atoms with Crippen molar-refractivity contribution in [1.82, 2.24) is 9.80 Å². The second-order valence-electron chi connectivity index (χ2n) is 5.79. The van der Waals surface area contributed by atoms with Crippen LogP contribution in [0.1, 0.15) is 12.8 Å². The van der Waals surface area contributed by atoms with Crippen molar-refractivity contribution in [3.05, 3.63) is 0 Å². The molecule has 0 saturated carbocycles. The number of methoxy groups -OCH3 is 1. The molecule has 0 radical (unpaired) electrons. The van der Waals surface area contributed by atoms with Gasteiger partial charge in [0.2, 0.25) is 5.91 Å². The summed E-state index contributed by atoms with van der Waals surface area (Å²) < 4.78 is 16.3. The van der Waals surface area contributed by atoms with E-state index in [1.807, 2.05) is 4.90 Å². The number of carbonyl (C=O) groups excluding carboxylic acids is 1. The molecule has 3 rings (SSSR count). The number of carbonyl (C=O) groups is 1. The van der Waals surface area contributed by atoms with Crippen LogP contribution in [0.15, 0.2) is 0 Å². The highest BCUT2D eigenvalue weighted by Crippen LogP contribution is 2.27. The topological polar surface area (TPSA) is 51.2 Å². The molecule has 3 saturated heterocycles. The van der Waals surface area contributed by atoms with Gasteiger partial charge in [-0.3, -0.25) is 9.69 Å². The molecule has 0 N–H and O–H groups in total. The fourth-order valence-electron chi connectivity index (χ4n) is 3.52. The van der Waals surface area contributed by atoms with Crippen molar-refractivity contribution in [2.75, 3.05) is 53.2 Å². The number of morpholine rings is 1. The predicted octanol–water partition coefficient (Wildman–Crippen LogP) is -0.277. The number of hydrogen-bond donors (Lipinski definition) is 0. The Morgan fingerprint density at radius 1 is 1.30 bits per heavy atom. The molecule has 0 aromatic rings. The summed E-state index contributed by atoms with van der Waals surface area (Å²) in [6.07, 6.45) is 2.34. The molecule has 3 aliphatic rings. The summed E-state index contributed by atoms with van der Waals surface area (Å²) in [5.41, 5.74) is 0. The normalized spacial score (nSPS) is 32.6. The number of ether oxygens (including phenoxy) is 3. The molecule has 0 aliphatic carbocycles. The predicted molar refractivity (Wildman–Crippen MR) is 72.5 cm³/mol. The summed E-state index contributed by atoms with van der Waals surface area (Å²) in [7, 11) is 1.67. The Kier molecular flexibility index (Phi) is 4.55. The van der Waals surface area contributed by atoms with Gasteiger partial charge in [0, 0.05) is 46.0 Å². The number of likely N-dealkylation sites (tertiary alicyclic amines) is 1. The minimum absolute atomic E-state index is 0.0946. The number of rotatable bonds is 4. The van der Waals surface area contributed by atoms with Gasteiger partial charge in [-0.05, 0) is 12.8 Å². The zero-order valence-corrected chi connectivity index (χ0v) is 12.1. The summed E-state index contributed by atoms with van der Waals surface area (Å²) in [6.45, 7) is 5.03. The third kappa shape index (κ3) is 2.83. The highest BCUT2D eigenvalue weighted by molar-refractivity contribution is 5.78. The fraction of sp³-hybridized carbons (Fsp3) is 0.929. The summed E-state index contributed by atoms with van der Waals surface area (Å²) in [6, 6.07) is 0.770. The van der Waals surface area contributed by atoms with E-state index in [0.29, 0.717) is 19.2 Å². The molecule has 1 amide bonds. The lowest BCUT2D eigenvalue weighted by Gasteiger charge is -2.36. The molecular formula is C14H24N2O4. The number of fused-ring (bicyclic) bond motifs is 1. The third-order valence-electron chi connectivity index (χ3n) is 4.65. The van der Waals surface area contributed by atoms with Gasteiger partial charge in [-0.1, -0.05) is 0 Å². The average Bonchev–Trinajstić information content (AvgIpc) is 2.91. The van der Waals surface area contributed by atoms with Crippen LogP contribution in [0.25, 0.3) is 0 Å². The van der Waals surface area contributed by atoms with Crippen LogP contribution in [0.3, 0.4) is 0 Å². The summed E-state index contributed by atoms with van der Waals surface area (Å²) >= 11 is 0. The lowest BCUT2D eigenvalue weighted by molar-refractivity contribution is -0.153. The molecule has 0 aromatic heterocycles. The largest absolute Gasteiger partial charge is 0.383 e. The fourth-order valence-corrected chi connectivity index (χ4v) is 3.52. The molecule has 114 valence electrons. The van der Waals surface area contributed by atoms with E-state index in [4.69, 9.17) is 14.2 Å². The highest BCUT2D eigenvalue weighted by atomic mass is 16.5. The lowest BCUT2D eigenvalue weighted by atomic mass is 10.1. The van der Waals surface area contributed by atoms with Crippen molar-refractivity contribution >= 4 is 5.91 Å². The molecular weight excluding hydrogens is 260 g/mol. The Balaban J connectivity index is 1.63. The first-order valence-corrected chi connectivity index (χ1v) is 7.51. The van der Waals surface area contributed by atoms with Crippen molar-refractivity contribution in [2.24, 2.45) is 0 Å². The van der Waals surface area contributed by atoms with Crippen molar-refractivity contribution in [3.8, 4) is 0 Å². The van der Waals surface area contributed by atoms with Crippen molar-refractivity contribution in [1.29, 1.82) is 0 Å².